The minimum Gasteiger partial charge on any atom is -0.346 e. The molecule has 1 N–H and O–H groups in total. The molecule has 3 rings (SSSR count). The van der Waals surface area contributed by atoms with Crippen LogP contribution in [-0.4, -0.2) is 31.4 Å². The number of halogens is 2. The van der Waals surface area contributed by atoms with Crippen LogP contribution in [0.5, 0.6) is 0 Å². The average Bonchev–Trinajstić information content (AvgIpc) is 2.80. The van der Waals surface area contributed by atoms with E-state index in [0.717, 1.165) is 14.7 Å². The average molecular weight is 490 g/mol. The molecule has 1 fully saturated rings. The molecule has 1 atom stereocenters. The van der Waals surface area contributed by atoms with Crippen molar-refractivity contribution in [2.75, 3.05) is 11.5 Å². The van der Waals surface area contributed by atoms with Gasteiger partial charge in [-0.1, -0.05) is 23.7 Å². The number of sulfone groups is 1. The fraction of sp³-hybridized carbons (Fsp3) is 0.278. The predicted molar refractivity (Wildman–Crippen MR) is 109 cm³/mol. The molecule has 0 spiro atoms. The van der Waals surface area contributed by atoms with Gasteiger partial charge in [0.05, 0.1) is 17.0 Å². The van der Waals surface area contributed by atoms with Crippen LogP contribution in [0.3, 0.4) is 0 Å². The Morgan fingerprint density at radius 1 is 1.16 bits per heavy atom. The molecule has 0 saturated carbocycles. The van der Waals surface area contributed by atoms with Crippen molar-refractivity contribution in [3.8, 4) is 11.1 Å². The second-order valence-electron chi connectivity index (χ2n) is 6.59. The monoisotopic (exact) mass is 489 g/mol. The van der Waals surface area contributed by atoms with E-state index in [-0.39, 0.29) is 17.4 Å². The minimum absolute atomic E-state index is 0.0142. The van der Waals surface area contributed by atoms with Crippen molar-refractivity contribution >= 4 is 49.9 Å². The van der Waals surface area contributed by atoms with E-state index in [9.17, 15) is 13.2 Å². The maximum absolute atomic E-state index is 12.7. The first-order chi connectivity index (χ1) is 11.7. The molecule has 2 aromatic rings. The summed E-state index contributed by atoms with van der Waals surface area (Å²) < 4.78 is 24.4. The van der Waals surface area contributed by atoms with Gasteiger partial charge in [-0.3, -0.25) is 4.79 Å². The molecule has 1 aliphatic heterocycles. The summed E-state index contributed by atoms with van der Waals surface area (Å²) in [5.74, 6) is -0.153. The molecule has 0 aliphatic carbocycles. The first-order valence-electron chi connectivity index (χ1n) is 7.75. The van der Waals surface area contributed by atoms with Gasteiger partial charge in [0.25, 0.3) is 5.91 Å². The van der Waals surface area contributed by atoms with Gasteiger partial charge in [0, 0.05) is 14.2 Å². The Balaban J connectivity index is 1.87. The quantitative estimate of drug-likeness (QED) is 0.665. The Morgan fingerprint density at radius 3 is 2.44 bits per heavy atom. The molecule has 0 radical (unpaired) electrons. The lowest BCUT2D eigenvalue weighted by atomic mass is 9.99. The lowest BCUT2D eigenvalue weighted by molar-refractivity contribution is 0.0915. The van der Waals surface area contributed by atoms with E-state index in [1.54, 1.807) is 25.1 Å². The van der Waals surface area contributed by atoms with Crippen LogP contribution in [0.4, 0.5) is 0 Å². The van der Waals surface area contributed by atoms with Crippen molar-refractivity contribution in [1.82, 2.24) is 5.32 Å². The Bertz CT molecular complexity index is 928. The van der Waals surface area contributed by atoms with Crippen LogP contribution in [0.25, 0.3) is 11.1 Å². The zero-order chi connectivity index (χ0) is 18.2. The zero-order valence-corrected chi connectivity index (χ0v) is 17.3. The minimum atomic E-state index is -3.07. The molecule has 2 aromatic carbocycles. The summed E-state index contributed by atoms with van der Waals surface area (Å²) in [5.41, 5.74) is 1.68. The van der Waals surface area contributed by atoms with Crippen LogP contribution in [0, 0.1) is 3.57 Å². The number of rotatable bonds is 3. The SMILES string of the molecule is CC1(NC(=O)c2cc(I)cc(-c3ccc(Cl)cc3)c2)CCS(=O)(=O)C1. The van der Waals surface area contributed by atoms with Crippen LogP contribution >= 0.6 is 34.2 Å². The molecule has 132 valence electrons. The first-order valence-corrected chi connectivity index (χ1v) is 11.0. The number of benzene rings is 2. The summed E-state index contributed by atoms with van der Waals surface area (Å²) in [6.45, 7) is 1.78. The summed E-state index contributed by atoms with van der Waals surface area (Å²) in [6, 6.07) is 13.0. The summed E-state index contributed by atoms with van der Waals surface area (Å²) in [4.78, 5) is 12.7. The second kappa shape index (κ2) is 6.89. The fourth-order valence-electron chi connectivity index (χ4n) is 2.99. The highest BCUT2D eigenvalue weighted by molar-refractivity contribution is 14.1. The summed E-state index contributed by atoms with van der Waals surface area (Å²) in [6.07, 6.45) is 0.440. The van der Waals surface area contributed by atoms with Crippen molar-refractivity contribution in [3.63, 3.8) is 0 Å². The van der Waals surface area contributed by atoms with Crippen LogP contribution < -0.4 is 5.32 Å². The van der Waals surface area contributed by atoms with Crippen LogP contribution in [0.2, 0.25) is 5.02 Å². The molecule has 0 bridgehead atoms. The van der Waals surface area contributed by atoms with Gasteiger partial charge < -0.3 is 5.32 Å². The molecule has 25 heavy (non-hydrogen) atoms. The molecule has 0 aromatic heterocycles. The molecule has 1 aliphatic rings. The van der Waals surface area contributed by atoms with Gasteiger partial charge in [-0.15, -0.1) is 0 Å². The largest absolute Gasteiger partial charge is 0.346 e. The molecular formula is C18H17ClINO3S. The van der Waals surface area contributed by atoms with Crippen molar-refractivity contribution in [3.05, 3.63) is 56.6 Å². The number of amides is 1. The highest BCUT2D eigenvalue weighted by atomic mass is 127. The molecule has 1 unspecified atom stereocenters. The van der Waals surface area contributed by atoms with Gasteiger partial charge in [-0.25, -0.2) is 8.42 Å². The van der Waals surface area contributed by atoms with Crippen LogP contribution in [0.1, 0.15) is 23.7 Å². The number of hydrogen-bond donors (Lipinski definition) is 1. The van der Waals surface area contributed by atoms with E-state index >= 15 is 0 Å². The third-order valence-corrected chi connectivity index (χ3v) is 7.03. The maximum atomic E-state index is 12.7. The lowest BCUT2D eigenvalue weighted by Crippen LogP contribution is -2.46. The third kappa shape index (κ3) is 4.54. The second-order valence-corrected chi connectivity index (χ2v) is 10.5. The zero-order valence-electron chi connectivity index (χ0n) is 13.6. The Labute approximate surface area is 166 Å². The molecule has 1 heterocycles. The van der Waals surface area contributed by atoms with Crippen molar-refractivity contribution in [1.29, 1.82) is 0 Å². The van der Waals surface area contributed by atoms with E-state index < -0.39 is 15.4 Å². The molecule has 1 saturated heterocycles. The van der Waals surface area contributed by atoms with Crippen molar-refractivity contribution in [2.24, 2.45) is 0 Å². The van der Waals surface area contributed by atoms with E-state index in [1.807, 2.05) is 24.3 Å². The van der Waals surface area contributed by atoms with E-state index in [0.29, 0.717) is 17.0 Å². The highest BCUT2D eigenvalue weighted by Crippen LogP contribution is 2.27. The van der Waals surface area contributed by atoms with E-state index in [4.69, 9.17) is 11.6 Å². The first kappa shape index (κ1) is 18.7. The summed E-state index contributed by atoms with van der Waals surface area (Å²) >= 11 is 8.10. The molecule has 7 heteroatoms. The van der Waals surface area contributed by atoms with Gasteiger partial charge in [0.1, 0.15) is 0 Å². The lowest BCUT2D eigenvalue weighted by Gasteiger charge is -2.24. The number of hydrogen-bond acceptors (Lipinski definition) is 3. The predicted octanol–water partition coefficient (Wildman–Crippen LogP) is 3.92. The summed E-state index contributed by atoms with van der Waals surface area (Å²) in [5, 5.41) is 3.55. The Kier molecular flexibility index (Phi) is 5.14. The third-order valence-electron chi connectivity index (χ3n) is 4.26. The standard InChI is InChI=1S/C18H17ClINO3S/c1-18(6-7-25(23,24)11-18)21-17(22)14-8-13(9-16(20)10-14)12-2-4-15(19)5-3-12/h2-5,8-10H,6-7,11H2,1H3,(H,21,22). The van der Waals surface area contributed by atoms with Gasteiger partial charge in [0.2, 0.25) is 0 Å². The highest BCUT2D eigenvalue weighted by Gasteiger charge is 2.39. The van der Waals surface area contributed by atoms with E-state index in [2.05, 4.69) is 27.9 Å². The Hall–Kier alpha value is -1.12. The topological polar surface area (TPSA) is 63.2 Å². The van der Waals surface area contributed by atoms with Crippen LogP contribution in [0.15, 0.2) is 42.5 Å². The van der Waals surface area contributed by atoms with Crippen LogP contribution in [-0.2, 0) is 9.84 Å². The Morgan fingerprint density at radius 2 is 1.84 bits per heavy atom. The maximum Gasteiger partial charge on any atom is 0.251 e. The molecule has 1 amide bonds. The fourth-order valence-corrected chi connectivity index (χ4v) is 5.88. The molecule has 4 nitrogen and oxygen atoms in total. The molecular weight excluding hydrogens is 473 g/mol. The van der Waals surface area contributed by atoms with Crippen molar-refractivity contribution in [2.45, 2.75) is 18.9 Å². The van der Waals surface area contributed by atoms with Gasteiger partial charge in [-0.2, -0.15) is 0 Å². The number of carbonyl (C=O) groups is 1. The van der Waals surface area contributed by atoms with Gasteiger partial charge in [0.15, 0.2) is 9.84 Å². The van der Waals surface area contributed by atoms with Gasteiger partial charge >= 0.3 is 0 Å². The summed E-state index contributed by atoms with van der Waals surface area (Å²) in [7, 11) is -3.07. The normalized spacial score (nSPS) is 21.9. The smallest absolute Gasteiger partial charge is 0.251 e. The number of nitrogens with one attached hydrogen (secondary N) is 1. The van der Waals surface area contributed by atoms with Gasteiger partial charge in [-0.05, 0) is 77.4 Å². The van der Waals surface area contributed by atoms with Crippen molar-refractivity contribution < 1.29 is 13.2 Å². The number of carbonyl (C=O) groups excluding carboxylic acids is 1. The van der Waals surface area contributed by atoms with E-state index in [1.165, 1.54) is 0 Å².